The number of pyridine rings is 2. The van der Waals surface area contributed by atoms with Gasteiger partial charge in [0.1, 0.15) is 0 Å². The van der Waals surface area contributed by atoms with E-state index < -0.39 is 36.4 Å². The minimum Gasteiger partial charge on any atom is -0.675 e. The van der Waals surface area contributed by atoms with Crippen LogP contribution in [0.4, 0.5) is 17.6 Å². The molecule has 2 heterocycles. The van der Waals surface area contributed by atoms with Gasteiger partial charge >= 0.3 is 6.18 Å². The zero-order chi connectivity index (χ0) is 22.0. The number of carbonyl (C=O) groups excluding carboxylic acids is 1. The third-order valence-electron chi connectivity index (χ3n) is 3.60. The molecule has 2 atom stereocenters. The summed E-state index contributed by atoms with van der Waals surface area (Å²) in [5, 5.41) is 2.62. The van der Waals surface area contributed by atoms with E-state index in [4.69, 9.17) is 5.73 Å². The molecule has 0 fully saturated rings. The summed E-state index contributed by atoms with van der Waals surface area (Å²) < 4.78 is 54.2. The Morgan fingerprint density at radius 1 is 1.28 bits per heavy atom. The lowest BCUT2D eigenvalue weighted by molar-refractivity contribution is -0.154. The molecular weight excluding hydrogens is 392 g/mol. The van der Waals surface area contributed by atoms with E-state index in [1.54, 1.807) is 6.92 Å². The monoisotopic (exact) mass is 415 g/mol. The molecule has 0 bridgehead atoms. The number of nitrogens with zero attached hydrogens (tertiary/aromatic N) is 2. The van der Waals surface area contributed by atoms with Crippen LogP contribution in [0.1, 0.15) is 49.2 Å². The average Bonchev–Trinajstić information content (AvgIpc) is 2.67. The summed E-state index contributed by atoms with van der Waals surface area (Å²) in [6.45, 7) is 3.86. The van der Waals surface area contributed by atoms with Gasteiger partial charge in [0.2, 0.25) is 0 Å². The summed E-state index contributed by atoms with van der Waals surface area (Å²) in [5.41, 5.74) is 7.48. The maximum atomic E-state index is 13.8. The van der Waals surface area contributed by atoms with Gasteiger partial charge in [0.15, 0.2) is 12.4 Å². The molecule has 0 radical (unpaired) electrons. The topological polar surface area (TPSA) is 87.9 Å². The fourth-order valence-corrected chi connectivity index (χ4v) is 1.80. The molecule has 2 N–H and O–H groups in total. The fourth-order valence-electron chi connectivity index (χ4n) is 1.80. The number of hydrogen-bond donors (Lipinski definition) is 1. The highest BCUT2D eigenvalue weighted by Crippen LogP contribution is 2.22. The quantitative estimate of drug-likeness (QED) is 0.681. The van der Waals surface area contributed by atoms with E-state index in [1.807, 2.05) is 13.8 Å². The van der Waals surface area contributed by atoms with E-state index in [-0.39, 0.29) is 11.6 Å². The number of aromatic nitrogens is 2. The number of halogens is 4. The minimum absolute atomic E-state index is 0.134. The smallest absolute Gasteiger partial charge is 0.422 e. The molecule has 0 spiro atoms. The molecule has 29 heavy (non-hydrogen) atoms. The van der Waals surface area contributed by atoms with Gasteiger partial charge in [-0.3, -0.25) is 9.78 Å². The maximum Gasteiger partial charge on any atom is 0.422 e. The largest absolute Gasteiger partial charge is 0.675 e. The van der Waals surface area contributed by atoms with Crippen LogP contribution < -0.4 is 10.1 Å². The average molecular weight is 415 g/mol. The van der Waals surface area contributed by atoms with Crippen molar-refractivity contribution in [2.45, 2.75) is 45.5 Å². The van der Waals surface area contributed by atoms with E-state index in [0.29, 0.717) is 5.56 Å². The lowest BCUT2D eigenvalue weighted by Gasteiger charge is -2.15. The molecular formula is C19H23F4N4O2-. The summed E-state index contributed by atoms with van der Waals surface area (Å²) >= 11 is 0. The van der Waals surface area contributed by atoms with Crippen LogP contribution in [-0.4, -0.2) is 34.7 Å². The van der Waals surface area contributed by atoms with Gasteiger partial charge in [0.05, 0.1) is 6.04 Å². The predicted octanol–water partition coefficient (Wildman–Crippen LogP) is 4.88. The standard InChI is InChI=1S/C15H13F4N3O2.C4H10N/c1-9(22-13(23)10-2-4-20-5-3-10)11-6-12(16)14(21-7-11)24-8-15(17,18)19;1-3-4(2)5/h2-7,9H,8H2,1H3,(H,22,23);4-5H,3H2,1-2H3/q;-1. The molecule has 0 saturated carbocycles. The second kappa shape index (κ2) is 11.3. The highest BCUT2D eigenvalue weighted by molar-refractivity contribution is 5.94. The second-order valence-electron chi connectivity index (χ2n) is 6.20. The van der Waals surface area contributed by atoms with E-state index in [0.717, 1.165) is 18.7 Å². The van der Waals surface area contributed by atoms with Crippen molar-refractivity contribution in [3.8, 4) is 5.88 Å². The third-order valence-corrected chi connectivity index (χ3v) is 3.60. The van der Waals surface area contributed by atoms with E-state index >= 15 is 0 Å². The van der Waals surface area contributed by atoms with Crippen LogP contribution in [-0.2, 0) is 0 Å². The first-order valence-electron chi connectivity index (χ1n) is 8.80. The molecule has 6 nitrogen and oxygen atoms in total. The molecule has 160 valence electrons. The molecule has 0 aliphatic carbocycles. The third kappa shape index (κ3) is 9.33. The van der Waals surface area contributed by atoms with Gasteiger partial charge in [0, 0.05) is 24.2 Å². The minimum atomic E-state index is -4.58. The van der Waals surface area contributed by atoms with Gasteiger partial charge < -0.3 is 15.8 Å². The first-order chi connectivity index (χ1) is 13.5. The Bertz CT molecular complexity index is 771. The molecule has 2 aromatic rings. The lowest BCUT2D eigenvalue weighted by Crippen LogP contribution is -2.27. The van der Waals surface area contributed by atoms with Gasteiger partial charge in [-0.2, -0.15) is 13.2 Å². The number of alkyl halides is 3. The van der Waals surface area contributed by atoms with Gasteiger partial charge in [-0.25, -0.2) is 9.37 Å². The van der Waals surface area contributed by atoms with Crippen LogP contribution in [0.2, 0.25) is 0 Å². The van der Waals surface area contributed by atoms with E-state index in [9.17, 15) is 22.4 Å². The summed E-state index contributed by atoms with van der Waals surface area (Å²) in [4.78, 5) is 19.3. The Morgan fingerprint density at radius 2 is 1.86 bits per heavy atom. The highest BCUT2D eigenvalue weighted by atomic mass is 19.4. The molecule has 10 heteroatoms. The van der Waals surface area contributed by atoms with Crippen molar-refractivity contribution in [1.29, 1.82) is 0 Å². The number of rotatable bonds is 6. The summed E-state index contributed by atoms with van der Waals surface area (Å²) in [5.74, 6) is -2.19. The fraction of sp³-hybridized carbons (Fsp3) is 0.421. The molecule has 1 amide bonds. The predicted molar refractivity (Wildman–Crippen MR) is 99.9 cm³/mol. The SMILES string of the molecule is CC(NC(=O)c1ccncc1)c1cnc(OCC(F)(F)F)c(F)c1.CCC(C)[NH-]. The molecule has 0 aromatic carbocycles. The van der Waals surface area contributed by atoms with E-state index in [2.05, 4.69) is 20.0 Å². The number of ether oxygens (including phenoxy) is 1. The van der Waals surface area contributed by atoms with Crippen molar-refractivity contribution >= 4 is 5.91 Å². The molecule has 2 unspecified atom stereocenters. The van der Waals surface area contributed by atoms with Crippen LogP contribution in [0, 0.1) is 5.82 Å². The van der Waals surface area contributed by atoms with Gasteiger partial charge in [0.25, 0.3) is 11.8 Å². The molecule has 2 aromatic heterocycles. The number of carbonyl (C=O) groups is 1. The number of hydrogen-bond acceptors (Lipinski definition) is 4. The second-order valence-corrected chi connectivity index (χ2v) is 6.20. The number of amides is 1. The summed E-state index contributed by atoms with van der Waals surface area (Å²) in [7, 11) is 0. The van der Waals surface area contributed by atoms with Crippen LogP contribution in [0.3, 0.4) is 0 Å². The summed E-state index contributed by atoms with van der Waals surface area (Å²) in [6, 6.07) is 3.51. The molecule has 0 aliphatic rings. The molecule has 2 rings (SSSR count). The first kappa shape index (κ1) is 24.3. The highest BCUT2D eigenvalue weighted by Gasteiger charge is 2.29. The maximum absolute atomic E-state index is 13.8. The first-order valence-corrected chi connectivity index (χ1v) is 8.80. The van der Waals surface area contributed by atoms with Crippen molar-refractivity contribution in [1.82, 2.24) is 15.3 Å². The van der Waals surface area contributed by atoms with Gasteiger partial charge in [-0.15, -0.1) is 6.04 Å². The molecule has 0 aliphatic heterocycles. The van der Waals surface area contributed by atoms with Crippen molar-refractivity contribution in [3.05, 3.63) is 59.5 Å². The van der Waals surface area contributed by atoms with Crippen molar-refractivity contribution < 1.29 is 27.1 Å². The van der Waals surface area contributed by atoms with Crippen LogP contribution in [0.5, 0.6) is 5.88 Å². The molecule has 0 saturated heterocycles. The van der Waals surface area contributed by atoms with Crippen molar-refractivity contribution in [3.63, 3.8) is 0 Å². The van der Waals surface area contributed by atoms with Crippen molar-refractivity contribution in [2.75, 3.05) is 6.61 Å². The normalized spacial score (nSPS) is 13.0. The Morgan fingerprint density at radius 3 is 2.34 bits per heavy atom. The lowest BCUT2D eigenvalue weighted by atomic mass is 10.1. The Balaban J connectivity index is 0.000000749. The summed E-state index contributed by atoms with van der Waals surface area (Å²) in [6.07, 6.45) is 0.437. The van der Waals surface area contributed by atoms with Crippen LogP contribution in [0.15, 0.2) is 36.8 Å². The van der Waals surface area contributed by atoms with Crippen LogP contribution in [0.25, 0.3) is 5.73 Å². The zero-order valence-corrected chi connectivity index (χ0v) is 16.3. The number of nitrogens with one attached hydrogen (secondary N) is 2. The zero-order valence-electron chi connectivity index (χ0n) is 16.3. The Labute approximate surface area is 166 Å². The van der Waals surface area contributed by atoms with Gasteiger partial charge in [-0.05, 0) is 30.7 Å². The van der Waals surface area contributed by atoms with Crippen LogP contribution >= 0.6 is 0 Å². The van der Waals surface area contributed by atoms with Crippen molar-refractivity contribution in [2.24, 2.45) is 0 Å². The Hall–Kier alpha value is -2.75. The Kier molecular flexibility index (Phi) is 9.46. The van der Waals surface area contributed by atoms with Gasteiger partial charge in [-0.1, -0.05) is 20.3 Å². The van der Waals surface area contributed by atoms with E-state index in [1.165, 1.54) is 24.5 Å².